The van der Waals surface area contributed by atoms with Gasteiger partial charge in [0.25, 0.3) is 0 Å². The number of halogens is 3. The normalized spacial score (nSPS) is 11.7. The van der Waals surface area contributed by atoms with E-state index in [-0.39, 0.29) is 30.2 Å². The SMILES string of the molecule is COCC#Cc1cc(C(F)(F)F)nc(C(C)(C)C)c1OCc1ccccc1. The molecule has 0 bridgehead atoms. The minimum absolute atomic E-state index is 0.104. The number of hydrogen-bond donors (Lipinski definition) is 0. The van der Waals surface area contributed by atoms with Crippen molar-refractivity contribution < 1.29 is 22.6 Å². The van der Waals surface area contributed by atoms with Crippen molar-refractivity contribution in [1.29, 1.82) is 0 Å². The summed E-state index contributed by atoms with van der Waals surface area (Å²) in [6.45, 7) is 5.67. The van der Waals surface area contributed by atoms with Crippen molar-refractivity contribution >= 4 is 0 Å². The van der Waals surface area contributed by atoms with E-state index in [0.717, 1.165) is 11.6 Å². The average molecular weight is 377 g/mol. The molecule has 27 heavy (non-hydrogen) atoms. The quantitative estimate of drug-likeness (QED) is 0.705. The highest BCUT2D eigenvalue weighted by Crippen LogP contribution is 2.37. The number of alkyl halides is 3. The number of methoxy groups -OCH3 is 1. The van der Waals surface area contributed by atoms with Crippen LogP contribution in [0.25, 0.3) is 0 Å². The lowest BCUT2D eigenvalue weighted by atomic mass is 9.89. The molecule has 0 aliphatic heterocycles. The molecule has 2 rings (SSSR count). The zero-order chi connectivity index (χ0) is 20.1. The summed E-state index contributed by atoms with van der Waals surface area (Å²) in [4.78, 5) is 3.87. The monoisotopic (exact) mass is 377 g/mol. The lowest BCUT2D eigenvalue weighted by Crippen LogP contribution is -2.20. The third-order valence-electron chi connectivity index (χ3n) is 3.64. The van der Waals surface area contributed by atoms with Gasteiger partial charge in [0.2, 0.25) is 0 Å². The molecule has 0 unspecified atom stereocenters. The summed E-state index contributed by atoms with van der Waals surface area (Å²) in [7, 11) is 1.47. The number of pyridine rings is 1. The molecule has 1 aromatic carbocycles. The number of ether oxygens (including phenoxy) is 2. The van der Waals surface area contributed by atoms with Crippen LogP contribution in [-0.4, -0.2) is 18.7 Å². The first-order valence-corrected chi connectivity index (χ1v) is 8.40. The molecule has 6 heteroatoms. The maximum Gasteiger partial charge on any atom is 0.433 e. The lowest BCUT2D eigenvalue weighted by Gasteiger charge is -2.24. The van der Waals surface area contributed by atoms with Crippen LogP contribution < -0.4 is 4.74 Å². The minimum Gasteiger partial charge on any atom is -0.486 e. The molecule has 0 fully saturated rings. The average Bonchev–Trinajstić information content (AvgIpc) is 2.59. The van der Waals surface area contributed by atoms with Crippen LogP contribution in [0.2, 0.25) is 0 Å². The first kappa shape index (κ1) is 20.8. The molecule has 0 N–H and O–H groups in total. The van der Waals surface area contributed by atoms with Gasteiger partial charge in [-0.25, -0.2) is 4.98 Å². The van der Waals surface area contributed by atoms with Crippen LogP contribution >= 0.6 is 0 Å². The number of aromatic nitrogens is 1. The van der Waals surface area contributed by atoms with Gasteiger partial charge >= 0.3 is 6.18 Å². The maximum atomic E-state index is 13.3. The summed E-state index contributed by atoms with van der Waals surface area (Å²) in [6, 6.07) is 10.3. The van der Waals surface area contributed by atoms with Gasteiger partial charge in [0.1, 0.15) is 18.9 Å². The van der Waals surface area contributed by atoms with Gasteiger partial charge in [-0.15, -0.1) is 0 Å². The maximum absolute atomic E-state index is 13.3. The van der Waals surface area contributed by atoms with Crippen molar-refractivity contribution in [2.45, 2.75) is 39.0 Å². The first-order chi connectivity index (χ1) is 12.6. The van der Waals surface area contributed by atoms with Gasteiger partial charge < -0.3 is 9.47 Å². The molecular formula is C21H22F3NO2. The largest absolute Gasteiger partial charge is 0.486 e. The highest BCUT2D eigenvalue weighted by atomic mass is 19.4. The van der Waals surface area contributed by atoms with E-state index in [1.165, 1.54) is 7.11 Å². The second-order valence-electron chi connectivity index (χ2n) is 6.99. The zero-order valence-electron chi connectivity index (χ0n) is 15.8. The zero-order valence-corrected chi connectivity index (χ0v) is 15.8. The van der Waals surface area contributed by atoms with Crippen LogP contribution in [0.15, 0.2) is 36.4 Å². The van der Waals surface area contributed by atoms with Crippen molar-refractivity contribution in [2.75, 3.05) is 13.7 Å². The van der Waals surface area contributed by atoms with Crippen LogP contribution in [0.3, 0.4) is 0 Å². The predicted octanol–water partition coefficient (Wildman–Crippen LogP) is 4.97. The van der Waals surface area contributed by atoms with E-state index in [1.807, 2.05) is 30.3 Å². The van der Waals surface area contributed by atoms with Gasteiger partial charge in [-0.2, -0.15) is 13.2 Å². The number of rotatable bonds is 4. The van der Waals surface area contributed by atoms with E-state index in [0.29, 0.717) is 0 Å². The Hall–Kier alpha value is -2.52. The summed E-state index contributed by atoms with van der Waals surface area (Å²) < 4.78 is 50.8. The Morgan fingerprint density at radius 1 is 1.07 bits per heavy atom. The third-order valence-corrected chi connectivity index (χ3v) is 3.64. The first-order valence-electron chi connectivity index (χ1n) is 8.40. The van der Waals surface area contributed by atoms with E-state index in [9.17, 15) is 13.2 Å². The van der Waals surface area contributed by atoms with E-state index >= 15 is 0 Å². The van der Waals surface area contributed by atoms with Gasteiger partial charge in [-0.3, -0.25) is 0 Å². The Labute approximate surface area is 157 Å². The molecule has 0 aliphatic carbocycles. The summed E-state index contributed by atoms with van der Waals surface area (Å²) in [5.74, 6) is 5.70. The fourth-order valence-electron chi connectivity index (χ4n) is 2.36. The molecule has 0 aliphatic rings. The fraction of sp³-hybridized carbons (Fsp3) is 0.381. The lowest BCUT2D eigenvalue weighted by molar-refractivity contribution is -0.141. The van der Waals surface area contributed by atoms with E-state index in [4.69, 9.17) is 9.47 Å². The molecule has 0 atom stereocenters. The summed E-state index contributed by atoms with van der Waals surface area (Å²) in [6.07, 6.45) is -4.57. The summed E-state index contributed by atoms with van der Waals surface area (Å²) >= 11 is 0. The van der Waals surface area contributed by atoms with Gasteiger partial charge in [0, 0.05) is 12.5 Å². The Morgan fingerprint density at radius 3 is 2.30 bits per heavy atom. The second-order valence-corrected chi connectivity index (χ2v) is 6.99. The molecule has 0 radical (unpaired) electrons. The highest BCUT2D eigenvalue weighted by molar-refractivity contribution is 5.52. The Kier molecular flexibility index (Phi) is 6.50. The van der Waals surface area contributed by atoms with Crippen LogP contribution in [0.5, 0.6) is 5.75 Å². The molecular weight excluding hydrogens is 355 g/mol. The molecule has 0 amide bonds. The number of benzene rings is 1. The van der Waals surface area contributed by atoms with Gasteiger partial charge in [0.05, 0.1) is 11.3 Å². The van der Waals surface area contributed by atoms with E-state index in [2.05, 4.69) is 16.8 Å². The summed E-state index contributed by atoms with van der Waals surface area (Å²) in [5.41, 5.74) is -0.384. The van der Waals surface area contributed by atoms with Crippen LogP contribution in [0.4, 0.5) is 13.2 Å². The van der Waals surface area contributed by atoms with Crippen molar-refractivity contribution in [1.82, 2.24) is 4.98 Å². The van der Waals surface area contributed by atoms with E-state index < -0.39 is 17.3 Å². The number of hydrogen-bond acceptors (Lipinski definition) is 3. The van der Waals surface area contributed by atoms with Gasteiger partial charge in [-0.1, -0.05) is 62.9 Å². The topological polar surface area (TPSA) is 31.4 Å². The molecule has 3 nitrogen and oxygen atoms in total. The fourth-order valence-corrected chi connectivity index (χ4v) is 2.36. The molecule has 1 aromatic heterocycles. The Morgan fingerprint density at radius 2 is 1.74 bits per heavy atom. The van der Waals surface area contributed by atoms with Crippen molar-refractivity contribution in [3.63, 3.8) is 0 Å². The van der Waals surface area contributed by atoms with E-state index in [1.54, 1.807) is 20.8 Å². The molecule has 2 aromatic rings. The minimum atomic E-state index is -4.57. The molecule has 0 saturated heterocycles. The molecule has 144 valence electrons. The number of nitrogens with zero attached hydrogens (tertiary/aromatic N) is 1. The van der Waals surface area contributed by atoms with Gasteiger partial charge in [0.15, 0.2) is 5.75 Å². The second kappa shape index (κ2) is 8.45. The van der Waals surface area contributed by atoms with Crippen LogP contribution in [-0.2, 0) is 22.9 Å². The molecule has 0 saturated carbocycles. The standard InChI is InChI=1S/C21H22F3NO2/c1-20(2,3)19-18(27-14-15-9-6-5-7-10-15)16(11-8-12-26-4)13-17(25-19)21(22,23)24/h5-7,9-10,13H,12,14H2,1-4H3. The van der Waals surface area contributed by atoms with Crippen molar-refractivity contribution in [3.05, 3.63) is 58.9 Å². The molecule has 1 heterocycles. The smallest absolute Gasteiger partial charge is 0.433 e. The van der Waals surface area contributed by atoms with Crippen LogP contribution in [0.1, 0.15) is 43.3 Å². The summed E-state index contributed by atoms with van der Waals surface area (Å²) in [5, 5.41) is 0. The Balaban J connectivity index is 2.57. The van der Waals surface area contributed by atoms with Crippen molar-refractivity contribution in [3.8, 4) is 17.6 Å². The van der Waals surface area contributed by atoms with Crippen LogP contribution in [0, 0.1) is 11.8 Å². The highest BCUT2D eigenvalue weighted by Gasteiger charge is 2.36. The molecule has 0 spiro atoms. The predicted molar refractivity (Wildman–Crippen MR) is 97.5 cm³/mol. The third kappa shape index (κ3) is 5.73. The van der Waals surface area contributed by atoms with Crippen molar-refractivity contribution in [2.24, 2.45) is 0 Å². The van der Waals surface area contributed by atoms with Gasteiger partial charge in [-0.05, 0) is 11.6 Å². The Bertz CT molecular complexity index is 829.